The van der Waals surface area contributed by atoms with Gasteiger partial charge in [0.15, 0.2) is 0 Å². The van der Waals surface area contributed by atoms with Gasteiger partial charge in [-0.25, -0.2) is 9.18 Å². The Morgan fingerprint density at radius 3 is 2.78 bits per heavy atom. The zero-order valence-electron chi connectivity index (χ0n) is 9.05. The maximum Gasteiger partial charge on any atom is 0.377 e. The van der Waals surface area contributed by atoms with Gasteiger partial charge >= 0.3 is 11.9 Å². The van der Waals surface area contributed by atoms with Crippen LogP contribution in [0.5, 0.6) is 0 Å². The number of benzene rings is 1. The summed E-state index contributed by atoms with van der Waals surface area (Å²) in [5.74, 6) is -5.39. The van der Waals surface area contributed by atoms with Crippen LogP contribution in [0.4, 0.5) is 18.9 Å². The highest BCUT2D eigenvalue weighted by Crippen LogP contribution is 2.31. The Balaban J connectivity index is 1.93. The summed E-state index contributed by atoms with van der Waals surface area (Å²) >= 11 is 3.00. The van der Waals surface area contributed by atoms with Gasteiger partial charge in [-0.3, -0.25) is 0 Å². The first-order valence-electron chi connectivity index (χ1n) is 5.16. The lowest BCUT2D eigenvalue weighted by atomic mass is 10.2. The van der Waals surface area contributed by atoms with Gasteiger partial charge in [0.2, 0.25) is 0 Å². The van der Waals surface area contributed by atoms with Crippen molar-refractivity contribution in [3.05, 3.63) is 28.5 Å². The van der Waals surface area contributed by atoms with E-state index in [9.17, 15) is 18.0 Å². The molecule has 98 valence electrons. The van der Waals surface area contributed by atoms with E-state index in [2.05, 4.69) is 26.0 Å². The van der Waals surface area contributed by atoms with Crippen LogP contribution in [-0.4, -0.2) is 24.5 Å². The van der Waals surface area contributed by atoms with Crippen LogP contribution in [0.1, 0.15) is 6.42 Å². The molecule has 7 heteroatoms. The summed E-state index contributed by atoms with van der Waals surface area (Å²) < 4.78 is 43.7. The van der Waals surface area contributed by atoms with Gasteiger partial charge in [0.25, 0.3) is 0 Å². The van der Waals surface area contributed by atoms with Crippen molar-refractivity contribution in [2.24, 2.45) is 0 Å². The molecule has 3 nitrogen and oxygen atoms in total. The standard InChI is InChI=1S/C11H9BrF3NO2/c12-8-2-1-6(3-9(8)13)16-5-7-4-11(14,15)10(17)18-7/h1-3,7,16H,4-5H2. The minimum absolute atomic E-state index is 0.0163. The lowest BCUT2D eigenvalue weighted by Crippen LogP contribution is -2.22. The number of hydrogen-bond donors (Lipinski definition) is 1. The van der Waals surface area contributed by atoms with Crippen LogP contribution in [0, 0.1) is 5.82 Å². The predicted molar refractivity (Wildman–Crippen MR) is 62.0 cm³/mol. The SMILES string of the molecule is O=C1OC(CNc2ccc(Br)c(F)c2)CC1(F)F. The zero-order valence-corrected chi connectivity index (χ0v) is 10.6. The molecule has 1 N–H and O–H groups in total. The molecule has 0 aliphatic carbocycles. The predicted octanol–water partition coefficient (Wildman–Crippen LogP) is 2.95. The van der Waals surface area contributed by atoms with E-state index >= 15 is 0 Å². The van der Waals surface area contributed by atoms with Crippen molar-refractivity contribution < 1.29 is 22.7 Å². The molecule has 0 radical (unpaired) electrons. The molecule has 1 atom stereocenters. The maximum atomic E-state index is 13.2. The lowest BCUT2D eigenvalue weighted by molar-refractivity contribution is -0.158. The Morgan fingerprint density at radius 1 is 1.50 bits per heavy atom. The fraction of sp³-hybridized carbons (Fsp3) is 0.364. The first-order valence-corrected chi connectivity index (χ1v) is 5.95. The van der Waals surface area contributed by atoms with Crippen LogP contribution in [0.3, 0.4) is 0 Å². The number of rotatable bonds is 3. The Labute approximate surface area is 109 Å². The van der Waals surface area contributed by atoms with Crippen molar-refractivity contribution in [1.29, 1.82) is 0 Å². The fourth-order valence-corrected chi connectivity index (χ4v) is 1.85. The van der Waals surface area contributed by atoms with Crippen LogP contribution in [-0.2, 0) is 9.53 Å². The van der Waals surface area contributed by atoms with E-state index in [0.717, 1.165) is 0 Å². The number of carbonyl (C=O) groups excluding carboxylic acids is 1. The van der Waals surface area contributed by atoms with Crippen LogP contribution in [0.25, 0.3) is 0 Å². The minimum atomic E-state index is -3.42. The number of nitrogens with one attached hydrogen (secondary N) is 1. The first-order chi connectivity index (χ1) is 8.38. The largest absolute Gasteiger partial charge is 0.456 e. The molecule has 1 fully saturated rings. The van der Waals surface area contributed by atoms with Crippen molar-refractivity contribution in [2.75, 3.05) is 11.9 Å². The van der Waals surface area contributed by atoms with Gasteiger partial charge in [0.1, 0.15) is 11.9 Å². The van der Waals surface area contributed by atoms with Gasteiger partial charge in [-0.1, -0.05) is 0 Å². The average Bonchev–Trinajstić information content (AvgIpc) is 2.55. The zero-order chi connectivity index (χ0) is 13.3. The van der Waals surface area contributed by atoms with E-state index in [1.807, 2.05) is 0 Å². The van der Waals surface area contributed by atoms with E-state index in [1.54, 1.807) is 6.07 Å². The summed E-state index contributed by atoms with van der Waals surface area (Å²) in [7, 11) is 0. The van der Waals surface area contributed by atoms with E-state index in [4.69, 9.17) is 0 Å². The van der Waals surface area contributed by atoms with Crippen molar-refractivity contribution in [1.82, 2.24) is 0 Å². The van der Waals surface area contributed by atoms with Crippen LogP contribution < -0.4 is 5.32 Å². The number of hydrogen-bond acceptors (Lipinski definition) is 3. The van der Waals surface area contributed by atoms with E-state index < -0.39 is 30.2 Å². The number of halogens is 4. The van der Waals surface area contributed by atoms with Gasteiger partial charge in [-0.15, -0.1) is 0 Å². The molecule has 1 aliphatic rings. The van der Waals surface area contributed by atoms with Crippen molar-refractivity contribution in [2.45, 2.75) is 18.4 Å². The minimum Gasteiger partial charge on any atom is -0.456 e. The monoisotopic (exact) mass is 323 g/mol. The summed E-state index contributed by atoms with van der Waals surface area (Å²) in [6.45, 7) is 0.0163. The molecule has 1 saturated heterocycles. The summed E-state index contributed by atoms with van der Waals surface area (Å²) in [5, 5.41) is 2.74. The normalized spacial score (nSPS) is 21.8. The molecule has 2 rings (SSSR count). The van der Waals surface area contributed by atoms with Crippen molar-refractivity contribution in [3.8, 4) is 0 Å². The number of cyclic esters (lactones) is 1. The van der Waals surface area contributed by atoms with Crippen LogP contribution >= 0.6 is 15.9 Å². The van der Waals surface area contributed by atoms with Gasteiger partial charge < -0.3 is 10.1 Å². The van der Waals surface area contributed by atoms with Gasteiger partial charge in [-0.05, 0) is 34.1 Å². The molecular formula is C11H9BrF3NO2. The van der Waals surface area contributed by atoms with Crippen molar-refractivity contribution >= 4 is 27.6 Å². The van der Waals surface area contributed by atoms with Crippen LogP contribution in [0.15, 0.2) is 22.7 Å². The van der Waals surface area contributed by atoms with Gasteiger partial charge in [-0.2, -0.15) is 8.78 Å². The number of carbonyl (C=O) groups is 1. The third-order valence-corrected chi connectivity index (χ3v) is 3.15. The van der Waals surface area contributed by atoms with Gasteiger partial charge in [0, 0.05) is 5.69 Å². The van der Waals surface area contributed by atoms with E-state index in [-0.39, 0.29) is 6.54 Å². The number of alkyl halides is 2. The fourth-order valence-electron chi connectivity index (χ4n) is 1.60. The third-order valence-electron chi connectivity index (χ3n) is 2.51. The molecule has 0 aromatic heterocycles. The molecule has 1 heterocycles. The summed E-state index contributed by atoms with van der Waals surface area (Å²) in [6, 6.07) is 4.30. The van der Waals surface area contributed by atoms with Crippen molar-refractivity contribution in [3.63, 3.8) is 0 Å². The molecule has 0 amide bonds. The highest BCUT2D eigenvalue weighted by Gasteiger charge is 2.50. The van der Waals surface area contributed by atoms with E-state index in [0.29, 0.717) is 10.2 Å². The topological polar surface area (TPSA) is 38.3 Å². The highest BCUT2D eigenvalue weighted by molar-refractivity contribution is 9.10. The summed E-state index contributed by atoms with van der Waals surface area (Å²) in [6.07, 6.45) is -1.56. The number of esters is 1. The number of anilines is 1. The lowest BCUT2D eigenvalue weighted by Gasteiger charge is -2.11. The molecule has 0 bridgehead atoms. The Morgan fingerprint density at radius 2 is 2.22 bits per heavy atom. The molecular weight excluding hydrogens is 315 g/mol. The highest BCUT2D eigenvalue weighted by atomic mass is 79.9. The van der Waals surface area contributed by atoms with E-state index in [1.165, 1.54) is 12.1 Å². The quantitative estimate of drug-likeness (QED) is 0.869. The Hall–Kier alpha value is -1.24. The molecule has 1 aromatic carbocycles. The Kier molecular flexibility index (Phi) is 3.52. The molecule has 0 saturated carbocycles. The third kappa shape index (κ3) is 2.77. The second-order valence-corrected chi connectivity index (χ2v) is 4.80. The van der Waals surface area contributed by atoms with Crippen LogP contribution in [0.2, 0.25) is 0 Å². The molecule has 1 aromatic rings. The summed E-state index contributed by atoms with van der Waals surface area (Å²) in [4.78, 5) is 10.8. The molecule has 0 spiro atoms. The second-order valence-electron chi connectivity index (χ2n) is 3.95. The average molecular weight is 324 g/mol. The second kappa shape index (κ2) is 4.79. The molecule has 18 heavy (non-hydrogen) atoms. The van der Waals surface area contributed by atoms with Gasteiger partial charge in [0.05, 0.1) is 17.4 Å². The molecule has 1 unspecified atom stereocenters. The first kappa shape index (κ1) is 13.2. The summed E-state index contributed by atoms with van der Waals surface area (Å²) in [5.41, 5.74) is 0.432. The maximum absolute atomic E-state index is 13.2. The Bertz CT molecular complexity index is 481. The smallest absolute Gasteiger partial charge is 0.377 e. The number of ether oxygens (including phenoxy) is 1. The molecule has 1 aliphatic heterocycles.